The van der Waals surface area contributed by atoms with Crippen molar-refractivity contribution in [3.8, 4) is 45.0 Å². The van der Waals surface area contributed by atoms with E-state index >= 15 is 0 Å². The number of pyridine rings is 2. The minimum Gasteiger partial charge on any atom is -0.309 e. The van der Waals surface area contributed by atoms with Crippen LogP contribution in [0.5, 0.6) is 0 Å². The van der Waals surface area contributed by atoms with Gasteiger partial charge in [0.05, 0.1) is 44.5 Å². The van der Waals surface area contributed by atoms with Crippen molar-refractivity contribution < 1.29 is 0 Å². The molecule has 13 rings (SSSR count). The van der Waals surface area contributed by atoms with Gasteiger partial charge in [0.25, 0.3) is 0 Å². The van der Waals surface area contributed by atoms with Gasteiger partial charge < -0.3 is 9.13 Å². The van der Waals surface area contributed by atoms with Crippen LogP contribution in [0.2, 0.25) is 0 Å². The highest BCUT2D eigenvalue weighted by molar-refractivity contribution is 6.20. The van der Waals surface area contributed by atoms with Crippen molar-refractivity contribution in [2.24, 2.45) is 0 Å². The first-order chi connectivity index (χ1) is 30.7. The van der Waals surface area contributed by atoms with E-state index in [9.17, 15) is 0 Å². The molecular formula is C58H36N4. The Bertz CT molecular complexity index is 3680. The Morgan fingerprint density at radius 3 is 1.35 bits per heavy atom. The zero-order valence-corrected chi connectivity index (χ0v) is 33.6. The summed E-state index contributed by atoms with van der Waals surface area (Å²) in [6, 6.07) is 78.6. The molecule has 0 aliphatic heterocycles. The van der Waals surface area contributed by atoms with Gasteiger partial charge in [0.15, 0.2) is 0 Å². The maximum Gasteiger partial charge on any atom is 0.0810 e. The number of fused-ring (bicyclic) bond motifs is 11. The molecule has 9 aromatic carbocycles. The average Bonchev–Trinajstić information content (AvgIpc) is 3.87. The summed E-state index contributed by atoms with van der Waals surface area (Å²) in [5.41, 5.74) is 15.0. The number of hydrogen-bond acceptors (Lipinski definition) is 2. The summed E-state index contributed by atoms with van der Waals surface area (Å²) < 4.78 is 4.85. The number of nitrogens with zero attached hydrogens (tertiary/aromatic N) is 4. The second kappa shape index (κ2) is 13.6. The van der Waals surface area contributed by atoms with Crippen LogP contribution >= 0.6 is 0 Å². The molecule has 0 amide bonds. The third kappa shape index (κ3) is 5.27. The molecule has 0 unspecified atom stereocenters. The van der Waals surface area contributed by atoms with Crippen molar-refractivity contribution in [2.75, 3.05) is 0 Å². The summed E-state index contributed by atoms with van der Waals surface area (Å²) in [7, 11) is 0. The minimum atomic E-state index is 0.929. The molecule has 0 spiro atoms. The van der Waals surface area contributed by atoms with Gasteiger partial charge in [0, 0.05) is 60.2 Å². The quantitative estimate of drug-likeness (QED) is 0.163. The SMILES string of the molecule is c1ccc(-c2ccc3ccc4c5ccc(-c6cc(-n7c8ccccc8c8ccccc87)cc(-n7c8ccccc8c8ccccc87)c6)cc5nc(-c5ccccc5)c4c3n2)cc1. The summed E-state index contributed by atoms with van der Waals surface area (Å²) in [6.07, 6.45) is 0. The van der Waals surface area contributed by atoms with E-state index in [0.29, 0.717) is 0 Å². The number of benzene rings is 9. The molecule has 4 heterocycles. The highest BCUT2D eigenvalue weighted by Crippen LogP contribution is 2.41. The van der Waals surface area contributed by atoms with Crippen LogP contribution in [0, 0.1) is 0 Å². The average molecular weight is 789 g/mol. The molecule has 0 aliphatic carbocycles. The fourth-order valence-corrected chi connectivity index (χ4v) is 9.86. The van der Waals surface area contributed by atoms with E-state index in [1.807, 2.05) is 6.07 Å². The molecular weight excluding hydrogens is 753 g/mol. The Morgan fingerprint density at radius 1 is 0.306 bits per heavy atom. The van der Waals surface area contributed by atoms with Gasteiger partial charge in [-0.25, -0.2) is 9.97 Å². The summed E-state index contributed by atoms with van der Waals surface area (Å²) in [4.78, 5) is 10.9. The molecule has 0 bridgehead atoms. The first-order valence-electron chi connectivity index (χ1n) is 21.2. The fourth-order valence-electron chi connectivity index (χ4n) is 9.86. The second-order valence-electron chi connectivity index (χ2n) is 16.2. The molecule has 4 aromatic heterocycles. The van der Waals surface area contributed by atoms with Crippen LogP contribution in [-0.2, 0) is 0 Å². The van der Waals surface area contributed by atoms with Gasteiger partial charge in [-0.1, -0.05) is 164 Å². The first kappa shape index (κ1) is 34.5. The zero-order valence-electron chi connectivity index (χ0n) is 33.6. The maximum atomic E-state index is 5.57. The zero-order chi connectivity index (χ0) is 40.7. The molecule has 13 aromatic rings. The van der Waals surface area contributed by atoms with Crippen LogP contribution in [0.15, 0.2) is 218 Å². The fraction of sp³-hybridized carbons (Fsp3) is 0. The smallest absolute Gasteiger partial charge is 0.0810 e. The molecule has 0 N–H and O–H groups in total. The monoisotopic (exact) mass is 788 g/mol. The molecule has 0 saturated heterocycles. The number of para-hydroxylation sites is 4. The molecule has 0 radical (unpaired) electrons. The lowest BCUT2D eigenvalue weighted by Crippen LogP contribution is -2.00. The van der Waals surface area contributed by atoms with Gasteiger partial charge in [-0.15, -0.1) is 0 Å². The number of hydrogen-bond donors (Lipinski definition) is 0. The van der Waals surface area contributed by atoms with Crippen molar-refractivity contribution in [3.05, 3.63) is 218 Å². The molecule has 4 heteroatoms. The van der Waals surface area contributed by atoms with Gasteiger partial charge in [-0.3, -0.25) is 0 Å². The van der Waals surface area contributed by atoms with Gasteiger partial charge in [-0.2, -0.15) is 0 Å². The number of aromatic nitrogens is 4. The van der Waals surface area contributed by atoms with Crippen LogP contribution in [0.1, 0.15) is 0 Å². The van der Waals surface area contributed by atoms with Crippen LogP contribution < -0.4 is 0 Å². The van der Waals surface area contributed by atoms with E-state index in [4.69, 9.17) is 9.97 Å². The van der Waals surface area contributed by atoms with Crippen molar-refractivity contribution in [2.45, 2.75) is 0 Å². The predicted octanol–water partition coefficient (Wildman–Crippen LogP) is 15.1. The van der Waals surface area contributed by atoms with E-state index in [1.165, 1.54) is 43.6 Å². The topological polar surface area (TPSA) is 35.6 Å². The third-order valence-corrected chi connectivity index (χ3v) is 12.6. The highest BCUT2D eigenvalue weighted by Gasteiger charge is 2.19. The van der Waals surface area contributed by atoms with Gasteiger partial charge in [0.1, 0.15) is 0 Å². The third-order valence-electron chi connectivity index (χ3n) is 12.6. The lowest BCUT2D eigenvalue weighted by molar-refractivity contribution is 1.13. The van der Waals surface area contributed by atoms with Crippen molar-refractivity contribution in [1.82, 2.24) is 19.1 Å². The molecule has 0 atom stereocenters. The minimum absolute atomic E-state index is 0.929. The Morgan fingerprint density at radius 2 is 0.790 bits per heavy atom. The van der Waals surface area contributed by atoms with Crippen molar-refractivity contribution in [1.29, 1.82) is 0 Å². The van der Waals surface area contributed by atoms with E-state index in [1.54, 1.807) is 0 Å². The maximum absolute atomic E-state index is 5.57. The van der Waals surface area contributed by atoms with Crippen LogP contribution in [0.4, 0.5) is 0 Å². The van der Waals surface area contributed by atoms with Crippen molar-refractivity contribution in [3.63, 3.8) is 0 Å². The Labute approximate surface area is 357 Å². The van der Waals surface area contributed by atoms with E-state index < -0.39 is 0 Å². The highest BCUT2D eigenvalue weighted by atomic mass is 15.0. The van der Waals surface area contributed by atoms with Crippen molar-refractivity contribution >= 4 is 76.2 Å². The van der Waals surface area contributed by atoms with E-state index in [-0.39, 0.29) is 0 Å². The molecule has 0 fully saturated rings. The molecule has 4 nitrogen and oxygen atoms in total. The molecule has 0 saturated carbocycles. The summed E-state index contributed by atoms with van der Waals surface area (Å²) in [5, 5.41) is 9.33. The Hall–Kier alpha value is -8.34. The van der Waals surface area contributed by atoms with E-state index in [0.717, 1.165) is 77.6 Å². The Kier molecular flexibility index (Phi) is 7.57. The molecule has 62 heavy (non-hydrogen) atoms. The lowest BCUT2D eigenvalue weighted by Gasteiger charge is -2.17. The van der Waals surface area contributed by atoms with Gasteiger partial charge >= 0.3 is 0 Å². The predicted molar refractivity (Wildman–Crippen MR) is 260 cm³/mol. The van der Waals surface area contributed by atoms with Crippen LogP contribution in [0.25, 0.3) is 121 Å². The second-order valence-corrected chi connectivity index (χ2v) is 16.2. The summed E-state index contributed by atoms with van der Waals surface area (Å²) in [5.74, 6) is 0. The normalized spacial score (nSPS) is 11.9. The molecule has 0 aliphatic rings. The summed E-state index contributed by atoms with van der Waals surface area (Å²) >= 11 is 0. The van der Waals surface area contributed by atoms with Gasteiger partial charge in [0.2, 0.25) is 0 Å². The van der Waals surface area contributed by atoms with Gasteiger partial charge in [-0.05, 0) is 71.1 Å². The van der Waals surface area contributed by atoms with Crippen LogP contribution in [0.3, 0.4) is 0 Å². The lowest BCUT2D eigenvalue weighted by atomic mass is 9.95. The van der Waals surface area contributed by atoms with E-state index in [2.05, 4.69) is 221 Å². The summed E-state index contributed by atoms with van der Waals surface area (Å²) in [6.45, 7) is 0. The largest absolute Gasteiger partial charge is 0.309 e. The molecule has 288 valence electrons. The standard InChI is InChI=1S/C58H36N4/c1-3-15-37(16-4-1)50-32-29-39-27-31-49-44-30-28-40(35-51(44)60-57(56(49)58(39)59-50)38-17-5-2-6-18-38)41-33-42(61-52-23-11-7-19-45(52)46-20-8-12-24-53(46)61)36-43(34-41)62-54-25-13-9-21-47(54)48-22-10-14-26-55(48)62/h1-36H. The Balaban J connectivity index is 1.09. The number of rotatable bonds is 5. The van der Waals surface area contributed by atoms with Crippen LogP contribution in [-0.4, -0.2) is 19.1 Å². The first-order valence-corrected chi connectivity index (χ1v) is 21.2.